The third-order valence-corrected chi connectivity index (χ3v) is 4.64. The summed E-state index contributed by atoms with van der Waals surface area (Å²) >= 11 is 0. The number of aliphatic hydroxyl groups is 1. The molecule has 0 heterocycles. The van der Waals surface area contributed by atoms with Crippen molar-refractivity contribution in [1.82, 2.24) is 0 Å². The van der Waals surface area contributed by atoms with E-state index in [-0.39, 0.29) is 17.8 Å². The highest BCUT2D eigenvalue weighted by atomic mass is 16.5. The Morgan fingerprint density at radius 2 is 2.22 bits per heavy atom. The second kappa shape index (κ2) is 5.27. The molecular weight excluding hydrogens is 230 g/mol. The maximum atomic E-state index is 12.0. The molecule has 2 saturated carbocycles. The first-order valence-corrected chi connectivity index (χ1v) is 6.91. The Bertz CT molecular complexity index is 363. The van der Waals surface area contributed by atoms with Crippen molar-refractivity contribution in [3.05, 3.63) is 0 Å². The number of carbonyl (C=O) groups excluding carboxylic acids is 1. The average Bonchev–Trinajstić information content (AvgIpc) is 2.39. The fourth-order valence-electron chi connectivity index (χ4n) is 3.77. The van der Waals surface area contributed by atoms with Crippen molar-refractivity contribution in [2.24, 2.45) is 17.3 Å². The van der Waals surface area contributed by atoms with Gasteiger partial charge in [-0.2, -0.15) is 5.26 Å². The van der Waals surface area contributed by atoms with Crippen molar-refractivity contribution >= 4 is 5.97 Å². The van der Waals surface area contributed by atoms with Crippen molar-refractivity contribution in [3.8, 4) is 6.07 Å². The Balaban J connectivity index is 2.25. The van der Waals surface area contributed by atoms with E-state index in [0.29, 0.717) is 19.4 Å². The van der Waals surface area contributed by atoms with Gasteiger partial charge in [-0.3, -0.25) is 4.79 Å². The number of rotatable bonds is 2. The molecule has 0 aromatic heterocycles. The highest BCUT2D eigenvalue weighted by Gasteiger charge is 2.54. The molecule has 0 aliphatic heterocycles. The monoisotopic (exact) mass is 251 g/mol. The maximum absolute atomic E-state index is 12.0. The van der Waals surface area contributed by atoms with E-state index in [0.717, 1.165) is 25.7 Å². The van der Waals surface area contributed by atoms with E-state index >= 15 is 0 Å². The Kier molecular flexibility index (Phi) is 3.91. The van der Waals surface area contributed by atoms with Crippen molar-refractivity contribution in [3.63, 3.8) is 0 Å². The SMILES string of the molecule is CCOC(=O)[C@@H]1CCC[C@@]2(C#N)[C@@H]1CCC[C@@H]2O. The Labute approximate surface area is 108 Å². The van der Waals surface area contributed by atoms with Crippen LogP contribution in [-0.2, 0) is 9.53 Å². The largest absolute Gasteiger partial charge is 0.466 e. The Hall–Kier alpha value is -1.08. The van der Waals surface area contributed by atoms with Gasteiger partial charge in [-0.15, -0.1) is 0 Å². The van der Waals surface area contributed by atoms with Gasteiger partial charge in [0.2, 0.25) is 0 Å². The minimum atomic E-state index is -0.714. The average molecular weight is 251 g/mol. The van der Waals surface area contributed by atoms with Gasteiger partial charge in [0.1, 0.15) is 0 Å². The van der Waals surface area contributed by atoms with Crippen LogP contribution >= 0.6 is 0 Å². The molecule has 2 aliphatic carbocycles. The molecule has 4 nitrogen and oxygen atoms in total. The highest BCUT2D eigenvalue weighted by molar-refractivity contribution is 5.73. The second-order valence-corrected chi connectivity index (χ2v) is 5.46. The zero-order valence-corrected chi connectivity index (χ0v) is 10.9. The fourth-order valence-corrected chi connectivity index (χ4v) is 3.77. The smallest absolute Gasteiger partial charge is 0.309 e. The summed E-state index contributed by atoms with van der Waals surface area (Å²) in [6.45, 7) is 2.18. The van der Waals surface area contributed by atoms with Crippen molar-refractivity contribution in [2.75, 3.05) is 6.61 Å². The summed E-state index contributed by atoms with van der Waals surface area (Å²) in [6, 6.07) is 2.34. The second-order valence-electron chi connectivity index (χ2n) is 5.46. The van der Waals surface area contributed by atoms with Crippen LogP contribution in [0.2, 0.25) is 0 Å². The minimum Gasteiger partial charge on any atom is -0.466 e. The van der Waals surface area contributed by atoms with Gasteiger partial charge in [-0.1, -0.05) is 12.8 Å². The van der Waals surface area contributed by atoms with Gasteiger partial charge in [0.15, 0.2) is 0 Å². The van der Waals surface area contributed by atoms with Gasteiger partial charge >= 0.3 is 5.97 Å². The molecule has 0 unspecified atom stereocenters. The number of esters is 1. The minimum absolute atomic E-state index is 0.0287. The predicted octanol–water partition coefficient (Wildman–Crippen LogP) is 2.02. The third-order valence-electron chi connectivity index (χ3n) is 4.64. The van der Waals surface area contributed by atoms with E-state index in [1.807, 2.05) is 0 Å². The molecular formula is C14H21NO3. The summed E-state index contributed by atoms with van der Waals surface area (Å²) in [5.41, 5.74) is -0.714. The van der Waals surface area contributed by atoms with Gasteiger partial charge in [0, 0.05) is 0 Å². The molecule has 0 saturated heterocycles. The fraction of sp³-hybridized carbons (Fsp3) is 0.857. The number of ether oxygens (including phenoxy) is 1. The van der Waals surface area contributed by atoms with Crippen molar-refractivity contribution < 1.29 is 14.6 Å². The summed E-state index contributed by atoms with van der Waals surface area (Å²) in [5, 5.41) is 19.7. The van der Waals surface area contributed by atoms with E-state index < -0.39 is 11.5 Å². The van der Waals surface area contributed by atoms with E-state index in [2.05, 4.69) is 6.07 Å². The van der Waals surface area contributed by atoms with Crippen LogP contribution in [0.25, 0.3) is 0 Å². The summed E-state index contributed by atoms with van der Waals surface area (Å²) < 4.78 is 5.13. The lowest BCUT2D eigenvalue weighted by molar-refractivity contribution is -0.158. The van der Waals surface area contributed by atoms with E-state index in [4.69, 9.17) is 4.74 Å². The van der Waals surface area contributed by atoms with Crippen LogP contribution in [0.15, 0.2) is 0 Å². The quantitative estimate of drug-likeness (QED) is 0.762. The summed E-state index contributed by atoms with van der Waals surface area (Å²) in [4.78, 5) is 12.0. The van der Waals surface area contributed by atoms with Gasteiger partial charge < -0.3 is 9.84 Å². The van der Waals surface area contributed by atoms with Crippen molar-refractivity contribution in [1.29, 1.82) is 5.26 Å². The van der Waals surface area contributed by atoms with Gasteiger partial charge in [-0.05, 0) is 38.5 Å². The van der Waals surface area contributed by atoms with E-state index in [9.17, 15) is 15.2 Å². The molecule has 4 heteroatoms. The highest BCUT2D eigenvalue weighted by Crippen LogP contribution is 2.52. The lowest BCUT2D eigenvalue weighted by Gasteiger charge is -2.48. The number of hydrogen-bond donors (Lipinski definition) is 1. The molecule has 0 aromatic carbocycles. The van der Waals surface area contributed by atoms with Gasteiger partial charge in [-0.25, -0.2) is 0 Å². The molecule has 1 N–H and O–H groups in total. The number of fused-ring (bicyclic) bond motifs is 1. The van der Waals surface area contributed by atoms with Crippen LogP contribution in [0.5, 0.6) is 0 Å². The topological polar surface area (TPSA) is 70.3 Å². The predicted molar refractivity (Wildman–Crippen MR) is 65.4 cm³/mol. The molecule has 0 aromatic rings. The van der Waals surface area contributed by atoms with Crippen LogP contribution < -0.4 is 0 Å². The van der Waals surface area contributed by atoms with E-state index in [1.165, 1.54) is 0 Å². The van der Waals surface area contributed by atoms with E-state index in [1.54, 1.807) is 6.92 Å². The molecule has 2 rings (SSSR count). The molecule has 2 fully saturated rings. The zero-order valence-electron chi connectivity index (χ0n) is 10.9. The van der Waals surface area contributed by atoms with Gasteiger partial charge in [0.05, 0.1) is 30.1 Å². The first kappa shape index (κ1) is 13.4. The van der Waals surface area contributed by atoms with Crippen LogP contribution in [0, 0.1) is 28.6 Å². The lowest BCUT2D eigenvalue weighted by atomic mass is 9.55. The molecule has 18 heavy (non-hydrogen) atoms. The molecule has 0 amide bonds. The normalized spacial score (nSPS) is 39.5. The summed E-state index contributed by atoms with van der Waals surface area (Å²) in [6.07, 6.45) is 4.17. The number of carbonyl (C=O) groups is 1. The number of nitrogens with zero attached hydrogens (tertiary/aromatic N) is 1. The van der Waals surface area contributed by atoms with Crippen LogP contribution in [0.1, 0.15) is 45.4 Å². The molecule has 2 aliphatic rings. The third kappa shape index (κ3) is 2.01. The molecule has 100 valence electrons. The first-order chi connectivity index (χ1) is 8.65. The van der Waals surface area contributed by atoms with Crippen LogP contribution in [-0.4, -0.2) is 23.8 Å². The number of nitriles is 1. The van der Waals surface area contributed by atoms with Crippen LogP contribution in [0.4, 0.5) is 0 Å². The number of hydrogen-bond acceptors (Lipinski definition) is 4. The summed E-state index contributed by atoms with van der Waals surface area (Å²) in [5.74, 6) is -0.414. The van der Waals surface area contributed by atoms with Crippen molar-refractivity contribution in [2.45, 2.75) is 51.6 Å². The maximum Gasteiger partial charge on any atom is 0.309 e. The molecule has 4 atom stereocenters. The molecule has 0 radical (unpaired) electrons. The molecule has 0 bridgehead atoms. The Morgan fingerprint density at radius 3 is 2.89 bits per heavy atom. The number of aliphatic hydroxyl groups excluding tert-OH is 1. The summed E-state index contributed by atoms with van der Waals surface area (Å²) in [7, 11) is 0. The first-order valence-electron chi connectivity index (χ1n) is 6.91. The van der Waals surface area contributed by atoms with Gasteiger partial charge in [0.25, 0.3) is 0 Å². The lowest BCUT2D eigenvalue weighted by Crippen LogP contribution is -2.51. The van der Waals surface area contributed by atoms with Crippen LogP contribution in [0.3, 0.4) is 0 Å². The Morgan fingerprint density at radius 1 is 1.44 bits per heavy atom. The standard InChI is InChI=1S/C14H21NO3/c1-2-18-13(17)10-5-4-8-14(9-15)11(10)6-3-7-12(14)16/h10-12,16H,2-8H2,1H3/t10-,11-,12+,14-/m1/s1. The zero-order chi connectivity index (χ0) is 13.2. The molecule has 0 spiro atoms.